The van der Waals surface area contributed by atoms with Crippen LogP contribution in [0.4, 0.5) is 5.82 Å². The van der Waals surface area contributed by atoms with Crippen molar-refractivity contribution in [2.24, 2.45) is 0 Å². The first kappa shape index (κ1) is 8.04. The summed E-state index contributed by atoms with van der Waals surface area (Å²) in [4.78, 5) is 4.05. The third-order valence-corrected chi connectivity index (χ3v) is 2.13. The summed E-state index contributed by atoms with van der Waals surface area (Å²) in [7, 11) is 0. The summed E-state index contributed by atoms with van der Waals surface area (Å²) in [6.07, 6.45) is 1.51. The minimum atomic E-state index is 0.411. The summed E-state index contributed by atoms with van der Waals surface area (Å²) >= 11 is 0. The highest BCUT2D eigenvalue weighted by molar-refractivity contribution is 5.52. The SMILES string of the molecule is CC(C)c1ccc2ncnn2c1N. The van der Waals surface area contributed by atoms with Gasteiger partial charge in [-0.2, -0.15) is 9.61 Å². The molecule has 2 N–H and O–H groups in total. The molecule has 2 aromatic heterocycles. The van der Waals surface area contributed by atoms with Gasteiger partial charge in [0.1, 0.15) is 12.1 Å². The Morgan fingerprint density at radius 3 is 2.85 bits per heavy atom. The zero-order chi connectivity index (χ0) is 9.42. The standard InChI is InChI=1S/C9H12N4/c1-6(2)7-3-4-8-11-5-12-13(8)9(7)10/h3-6H,10H2,1-2H3. The fourth-order valence-electron chi connectivity index (χ4n) is 1.41. The average Bonchev–Trinajstić information content (AvgIpc) is 2.52. The summed E-state index contributed by atoms with van der Waals surface area (Å²) in [5, 5.41) is 4.04. The van der Waals surface area contributed by atoms with Crippen LogP contribution in [0, 0.1) is 0 Å². The Morgan fingerprint density at radius 2 is 2.15 bits per heavy atom. The quantitative estimate of drug-likeness (QED) is 0.715. The molecule has 2 rings (SSSR count). The molecule has 13 heavy (non-hydrogen) atoms. The van der Waals surface area contributed by atoms with Gasteiger partial charge in [-0.3, -0.25) is 0 Å². The lowest BCUT2D eigenvalue weighted by Crippen LogP contribution is -2.04. The smallest absolute Gasteiger partial charge is 0.157 e. The molecule has 0 fully saturated rings. The molecule has 4 nitrogen and oxygen atoms in total. The third-order valence-electron chi connectivity index (χ3n) is 2.13. The maximum absolute atomic E-state index is 5.92. The molecule has 68 valence electrons. The van der Waals surface area contributed by atoms with Gasteiger partial charge in [0.2, 0.25) is 0 Å². The van der Waals surface area contributed by atoms with Crippen LogP contribution in [-0.2, 0) is 0 Å². The summed E-state index contributed by atoms with van der Waals surface area (Å²) in [6, 6.07) is 3.93. The van der Waals surface area contributed by atoms with Crippen LogP contribution in [0.1, 0.15) is 25.3 Å². The van der Waals surface area contributed by atoms with Crippen molar-refractivity contribution in [1.29, 1.82) is 0 Å². The van der Waals surface area contributed by atoms with Gasteiger partial charge >= 0.3 is 0 Å². The highest BCUT2D eigenvalue weighted by Gasteiger charge is 2.07. The van der Waals surface area contributed by atoms with Gasteiger partial charge in [-0.25, -0.2) is 4.98 Å². The Kier molecular flexibility index (Phi) is 1.69. The van der Waals surface area contributed by atoms with E-state index in [1.54, 1.807) is 4.52 Å². The largest absolute Gasteiger partial charge is 0.383 e. The first-order valence-corrected chi connectivity index (χ1v) is 4.28. The molecule has 0 saturated heterocycles. The second kappa shape index (κ2) is 2.73. The van der Waals surface area contributed by atoms with E-state index in [1.165, 1.54) is 6.33 Å². The number of fused-ring (bicyclic) bond motifs is 1. The maximum Gasteiger partial charge on any atom is 0.157 e. The molecule has 0 bridgehead atoms. The number of anilines is 1. The third kappa shape index (κ3) is 1.14. The van der Waals surface area contributed by atoms with Gasteiger partial charge < -0.3 is 5.73 Å². The van der Waals surface area contributed by atoms with Crippen LogP contribution in [0.5, 0.6) is 0 Å². The normalized spacial score (nSPS) is 11.3. The number of nitrogens with zero attached hydrogens (tertiary/aromatic N) is 3. The lowest BCUT2D eigenvalue weighted by atomic mass is 10.0. The minimum absolute atomic E-state index is 0.411. The van der Waals surface area contributed by atoms with Crippen LogP contribution in [-0.4, -0.2) is 14.6 Å². The van der Waals surface area contributed by atoms with E-state index in [0.29, 0.717) is 11.7 Å². The van der Waals surface area contributed by atoms with Gasteiger partial charge in [0, 0.05) is 0 Å². The number of aromatic nitrogens is 3. The van der Waals surface area contributed by atoms with Gasteiger partial charge in [0.15, 0.2) is 5.65 Å². The molecule has 0 radical (unpaired) electrons. The van der Waals surface area contributed by atoms with E-state index in [9.17, 15) is 0 Å². The van der Waals surface area contributed by atoms with Gasteiger partial charge in [0.05, 0.1) is 0 Å². The van der Waals surface area contributed by atoms with Crippen LogP contribution in [0.2, 0.25) is 0 Å². The second-order valence-electron chi connectivity index (χ2n) is 3.36. The van der Waals surface area contributed by atoms with E-state index >= 15 is 0 Å². The molecule has 0 spiro atoms. The number of nitrogen functional groups attached to an aromatic ring is 1. The maximum atomic E-state index is 5.92. The molecule has 0 amide bonds. The van der Waals surface area contributed by atoms with Gasteiger partial charge in [0.25, 0.3) is 0 Å². The lowest BCUT2D eigenvalue weighted by molar-refractivity contribution is 0.844. The second-order valence-corrected chi connectivity index (χ2v) is 3.36. The predicted molar refractivity (Wildman–Crippen MR) is 51.5 cm³/mol. The van der Waals surface area contributed by atoms with Crippen LogP contribution in [0.25, 0.3) is 5.65 Å². The first-order valence-electron chi connectivity index (χ1n) is 4.28. The molecule has 0 atom stereocenters. The van der Waals surface area contributed by atoms with Crippen molar-refractivity contribution >= 4 is 11.5 Å². The van der Waals surface area contributed by atoms with Crippen LogP contribution in [0.3, 0.4) is 0 Å². The van der Waals surface area contributed by atoms with Crippen molar-refractivity contribution in [1.82, 2.24) is 14.6 Å². The molecule has 2 aromatic rings. The minimum Gasteiger partial charge on any atom is -0.383 e. The molecule has 2 heterocycles. The van der Waals surface area contributed by atoms with Crippen molar-refractivity contribution in [3.05, 3.63) is 24.0 Å². The van der Waals surface area contributed by atoms with Crippen molar-refractivity contribution in [2.75, 3.05) is 5.73 Å². The van der Waals surface area contributed by atoms with Crippen molar-refractivity contribution in [3.8, 4) is 0 Å². The van der Waals surface area contributed by atoms with Crippen LogP contribution in [0.15, 0.2) is 18.5 Å². The lowest BCUT2D eigenvalue weighted by Gasteiger charge is -2.09. The molecule has 4 heteroatoms. The number of hydrogen-bond acceptors (Lipinski definition) is 3. The van der Waals surface area contributed by atoms with Crippen molar-refractivity contribution in [2.45, 2.75) is 19.8 Å². The van der Waals surface area contributed by atoms with Gasteiger partial charge in [-0.1, -0.05) is 19.9 Å². The zero-order valence-corrected chi connectivity index (χ0v) is 7.73. The molecule has 0 aliphatic rings. The number of hydrogen-bond donors (Lipinski definition) is 1. The van der Waals surface area contributed by atoms with Gasteiger partial charge in [-0.15, -0.1) is 0 Å². The molecular formula is C9H12N4. The van der Waals surface area contributed by atoms with Crippen molar-refractivity contribution < 1.29 is 0 Å². The average molecular weight is 176 g/mol. The molecule has 0 saturated carbocycles. The fraction of sp³-hybridized carbons (Fsp3) is 0.333. The van der Waals surface area contributed by atoms with Crippen LogP contribution >= 0.6 is 0 Å². The van der Waals surface area contributed by atoms with E-state index in [1.807, 2.05) is 12.1 Å². The van der Waals surface area contributed by atoms with E-state index in [2.05, 4.69) is 23.9 Å². The van der Waals surface area contributed by atoms with E-state index < -0.39 is 0 Å². The van der Waals surface area contributed by atoms with Gasteiger partial charge in [-0.05, 0) is 17.5 Å². The van der Waals surface area contributed by atoms with E-state index in [-0.39, 0.29) is 0 Å². The Morgan fingerprint density at radius 1 is 1.38 bits per heavy atom. The Balaban J connectivity index is 2.73. The highest BCUT2D eigenvalue weighted by Crippen LogP contribution is 2.21. The van der Waals surface area contributed by atoms with E-state index in [0.717, 1.165) is 11.2 Å². The highest BCUT2D eigenvalue weighted by atomic mass is 15.3. The first-order chi connectivity index (χ1) is 6.20. The number of rotatable bonds is 1. The summed E-state index contributed by atoms with van der Waals surface area (Å²) in [5.41, 5.74) is 7.83. The molecule has 0 unspecified atom stereocenters. The fourth-order valence-corrected chi connectivity index (χ4v) is 1.41. The van der Waals surface area contributed by atoms with E-state index in [4.69, 9.17) is 5.73 Å². The molecule has 0 aliphatic heterocycles. The molecule has 0 aliphatic carbocycles. The summed E-state index contributed by atoms with van der Waals surface area (Å²) in [6.45, 7) is 4.21. The monoisotopic (exact) mass is 176 g/mol. The predicted octanol–water partition coefficient (Wildman–Crippen LogP) is 1.43. The zero-order valence-electron chi connectivity index (χ0n) is 7.73. The van der Waals surface area contributed by atoms with Crippen LogP contribution < -0.4 is 5.73 Å². The van der Waals surface area contributed by atoms with Crippen molar-refractivity contribution in [3.63, 3.8) is 0 Å². The summed E-state index contributed by atoms with van der Waals surface area (Å²) in [5.74, 6) is 1.10. The topological polar surface area (TPSA) is 56.2 Å². The molecule has 0 aromatic carbocycles. The summed E-state index contributed by atoms with van der Waals surface area (Å²) < 4.78 is 1.66. The molecular weight excluding hydrogens is 164 g/mol. The number of pyridine rings is 1. The Labute approximate surface area is 76.4 Å². The Bertz CT molecular complexity index is 430. The Hall–Kier alpha value is -1.58. The number of nitrogens with two attached hydrogens (primary N) is 1.